The van der Waals surface area contributed by atoms with E-state index in [9.17, 15) is 9.59 Å². The molecule has 3 nitrogen and oxygen atoms in total. The molecule has 2 rings (SSSR count). The molecule has 0 saturated heterocycles. The van der Waals surface area contributed by atoms with Crippen molar-refractivity contribution in [1.29, 1.82) is 0 Å². The number of Topliss-reactive ketones (excluding diaryl/α,β-unsaturated/α-hetero) is 1. The molecule has 1 aromatic carbocycles. The van der Waals surface area contributed by atoms with E-state index in [1.54, 1.807) is 13.0 Å². The number of ketones is 1. The van der Waals surface area contributed by atoms with E-state index in [1.165, 1.54) is 0 Å². The molecule has 0 bridgehead atoms. The number of esters is 1. The van der Waals surface area contributed by atoms with Crippen LogP contribution in [0.25, 0.3) is 6.08 Å². The van der Waals surface area contributed by atoms with Crippen molar-refractivity contribution in [3.63, 3.8) is 0 Å². The molecule has 0 N–H and O–H groups in total. The van der Waals surface area contributed by atoms with Crippen molar-refractivity contribution in [2.75, 3.05) is 6.61 Å². The number of rotatable bonds is 6. The molecule has 1 atom stereocenters. The first-order chi connectivity index (χ1) is 10.2. The highest BCUT2D eigenvalue weighted by molar-refractivity contribution is 6.17. The lowest BCUT2D eigenvalue weighted by atomic mass is 9.96. The van der Waals surface area contributed by atoms with Gasteiger partial charge in [-0.25, -0.2) is 4.79 Å². The summed E-state index contributed by atoms with van der Waals surface area (Å²) in [4.78, 5) is 24.1. The SMILES string of the molecule is CCCOC(=O)C(=CC1C=Cc2ccccc21)C(=O)CC. The molecule has 1 aliphatic carbocycles. The van der Waals surface area contributed by atoms with E-state index in [1.807, 2.05) is 43.3 Å². The zero-order valence-corrected chi connectivity index (χ0v) is 12.5. The summed E-state index contributed by atoms with van der Waals surface area (Å²) in [6.45, 7) is 4.01. The second-order valence-corrected chi connectivity index (χ2v) is 5.01. The molecule has 110 valence electrons. The zero-order valence-electron chi connectivity index (χ0n) is 12.5. The standard InChI is InChI=1S/C18H20O3/c1-3-11-21-18(20)16(17(19)4-2)12-14-10-9-13-7-5-6-8-15(13)14/h5-10,12,14H,3-4,11H2,1-2H3. The second kappa shape index (κ2) is 7.02. The lowest BCUT2D eigenvalue weighted by Crippen LogP contribution is -2.16. The quantitative estimate of drug-likeness (QED) is 0.346. The number of ether oxygens (including phenoxy) is 1. The summed E-state index contributed by atoms with van der Waals surface area (Å²) in [5.41, 5.74) is 2.41. The van der Waals surface area contributed by atoms with Crippen molar-refractivity contribution in [3.8, 4) is 0 Å². The molecule has 1 aliphatic rings. The van der Waals surface area contributed by atoms with Gasteiger partial charge in [0.25, 0.3) is 0 Å². The summed E-state index contributed by atoms with van der Waals surface area (Å²) in [6.07, 6.45) is 6.78. The Balaban J connectivity index is 2.27. The third-order valence-corrected chi connectivity index (χ3v) is 3.46. The van der Waals surface area contributed by atoms with Gasteiger partial charge in [-0.1, -0.05) is 56.3 Å². The van der Waals surface area contributed by atoms with E-state index in [4.69, 9.17) is 4.74 Å². The molecule has 21 heavy (non-hydrogen) atoms. The third kappa shape index (κ3) is 3.48. The highest BCUT2D eigenvalue weighted by Gasteiger charge is 2.22. The van der Waals surface area contributed by atoms with Crippen LogP contribution in [-0.2, 0) is 14.3 Å². The fraction of sp³-hybridized carbons (Fsp3) is 0.333. The Labute approximate surface area is 125 Å². The number of benzene rings is 1. The van der Waals surface area contributed by atoms with Crippen LogP contribution in [0.3, 0.4) is 0 Å². The van der Waals surface area contributed by atoms with E-state index >= 15 is 0 Å². The van der Waals surface area contributed by atoms with Crippen LogP contribution in [0.15, 0.2) is 42.0 Å². The fourth-order valence-electron chi connectivity index (χ4n) is 2.34. The number of carbonyl (C=O) groups excluding carboxylic acids is 2. The largest absolute Gasteiger partial charge is 0.462 e. The summed E-state index contributed by atoms with van der Waals surface area (Å²) < 4.78 is 5.12. The maximum atomic E-state index is 12.1. The highest BCUT2D eigenvalue weighted by atomic mass is 16.5. The molecule has 0 aromatic heterocycles. The summed E-state index contributed by atoms with van der Waals surface area (Å²) in [6, 6.07) is 7.98. The van der Waals surface area contributed by atoms with Crippen LogP contribution in [0.4, 0.5) is 0 Å². The molecule has 0 heterocycles. The van der Waals surface area contributed by atoms with Crippen molar-refractivity contribution in [3.05, 3.63) is 53.1 Å². The van der Waals surface area contributed by atoms with E-state index in [2.05, 4.69) is 0 Å². The predicted molar refractivity (Wildman–Crippen MR) is 82.8 cm³/mol. The molecular weight excluding hydrogens is 264 g/mol. The maximum absolute atomic E-state index is 12.1. The number of carbonyl (C=O) groups is 2. The Morgan fingerprint density at radius 3 is 2.71 bits per heavy atom. The van der Waals surface area contributed by atoms with Crippen LogP contribution >= 0.6 is 0 Å². The summed E-state index contributed by atoms with van der Waals surface area (Å²) >= 11 is 0. The molecule has 0 radical (unpaired) electrons. The number of fused-ring (bicyclic) bond motifs is 1. The Hall–Kier alpha value is -2.16. The second-order valence-electron chi connectivity index (χ2n) is 5.01. The predicted octanol–water partition coefficient (Wildman–Crippen LogP) is 3.66. The van der Waals surface area contributed by atoms with Crippen molar-refractivity contribution >= 4 is 17.8 Å². The Morgan fingerprint density at radius 1 is 1.24 bits per heavy atom. The molecule has 0 saturated carbocycles. The lowest BCUT2D eigenvalue weighted by molar-refractivity contribution is -0.140. The van der Waals surface area contributed by atoms with E-state index in [-0.39, 0.29) is 17.3 Å². The number of allylic oxidation sites excluding steroid dienone is 2. The lowest BCUT2D eigenvalue weighted by Gasteiger charge is -2.10. The molecule has 0 aliphatic heterocycles. The van der Waals surface area contributed by atoms with Gasteiger partial charge in [0.2, 0.25) is 0 Å². The number of hydrogen-bond donors (Lipinski definition) is 0. The Morgan fingerprint density at radius 2 is 2.00 bits per heavy atom. The van der Waals surface area contributed by atoms with Gasteiger partial charge in [-0.2, -0.15) is 0 Å². The molecular formula is C18H20O3. The molecule has 1 aromatic rings. The molecule has 1 unspecified atom stereocenters. The average molecular weight is 284 g/mol. The fourth-order valence-corrected chi connectivity index (χ4v) is 2.34. The van der Waals surface area contributed by atoms with Gasteiger partial charge in [0, 0.05) is 12.3 Å². The minimum Gasteiger partial charge on any atom is -0.462 e. The summed E-state index contributed by atoms with van der Waals surface area (Å²) in [7, 11) is 0. The minimum atomic E-state index is -0.513. The van der Waals surface area contributed by atoms with Crippen molar-refractivity contribution in [2.24, 2.45) is 0 Å². The van der Waals surface area contributed by atoms with Crippen LogP contribution in [-0.4, -0.2) is 18.4 Å². The van der Waals surface area contributed by atoms with E-state index in [0.717, 1.165) is 17.5 Å². The molecule has 0 spiro atoms. The van der Waals surface area contributed by atoms with Crippen molar-refractivity contribution < 1.29 is 14.3 Å². The first-order valence-electron chi connectivity index (χ1n) is 7.36. The van der Waals surface area contributed by atoms with E-state index in [0.29, 0.717) is 13.0 Å². The summed E-state index contributed by atoms with van der Waals surface area (Å²) in [5, 5.41) is 0. The highest BCUT2D eigenvalue weighted by Crippen LogP contribution is 2.31. The molecule has 3 heteroatoms. The van der Waals surface area contributed by atoms with Gasteiger partial charge in [0.1, 0.15) is 0 Å². The minimum absolute atomic E-state index is 0.0409. The summed E-state index contributed by atoms with van der Waals surface area (Å²) in [5.74, 6) is -0.726. The normalized spacial score (nSPS) is 16.7. The van der Waals surface area contributed by atoms with Gasteiger partial charge >= 0.3 is 5.97 Å². The van der Waals surface area contributed by atoms with Crippen LogP contribution in [0.1, 0.15) is 43.7 Å². The van der Waals surface area contributed by atoms with Gasteiger partial charge in [-0.05, 0) is 17.5 Å². The number of hydrogen-bond acceptors (Lipinski definition) is 3. The maximum Gasteiger partial charge on any atom is 0.341 e. The zero-order chi connectivity index (χ0) is 15.2. The van der Waals surface area contributed by atoms with Crippen LogP contribution in [0.2, 0.25) is 0 Å². The van der Waals surface area contributed by atoms with E-state index < -0.39 is 5.97 Å². The first-order valence-corrected chi connectivity index (χ1v) is 7.36. The van der Waals surface area contributed by atoms with Crippen molar-refractivity contribution in [1.82, 2.24) is 0 Å². The third-order valence-electron chi connectivity index (χ3n) is 3.46. The average Bonchev–Trinajstić information content (AvgIpc) is 2.92. The Kier molecular flexibility index (Phi) is 5.09. The topological polar surface area (TPSA) is 43.4 Å². The smallest absolute Gasteiger partial charge is 0.341 e. The Bertz CT molecular complexity index is 596. The van der Waals surface area contributed by atoms with Gasteiger partial charge < -0.3 is 4.74 Å². The monoisotopic (exact) mass is 284 g/mol. The van der Waals surface area contributed by atoms with Gasteiger partial charge in [-0.15, -0.1) is 0 Å². The molecule has 0 fully saturated rings. The first kappa shape index (κ1) is 15.2. The van der Waals surface area contributed by atoms with Crippen molar-refractivity contribution in [2.45, 2.75) is 32.6 Å². The van der Waals surface area contributed by atoms with Gasteiger partial charge in [0.15, 0.2) is 5.78 Å². The van der Waals surface area contributed by atoms with Crippen LogP contribution < -0.4 is 0 Å². The van der Waals surface area contributed by atoms with Crippen LogP contribution in [0, 0.1) is 0 Å². The van der Waals surface area contributed by atoms with Gasteiger partial charge in [-0.3, -0.25) is 4.79 Å². The molecule has 0 amide bonds. The van der Waals surface area contributed by atoms with Crippen LogP contribution in [0.5, 0.6) is 0 Å². The van der Waals surface area contributed by atoms with Gasteiger partial charge in [0.05, 0.1) is 12.2 Å².